The van der Waals surface area contributed by atoms with Crippen LogP contribution < -0.4 is 5.73 Å². The first kappa shape index (κ1) is 8.06. The Labute approximate surface area is 55.6 Å². The molecule has 0 aliphatic heterocycles. The quantitative estimate of drug-likeness (QED) is 0.574. The highest BCUT2D eigenvalue weighted by atomic mass is 32.1. The maximum atomic E-state index is 10.3. The summed E-state index contributed by atoms with van der Waals surface area (Å²) in [4.78, 5) is 14.4. The molecule has 0 unspecified atom stereocenters. The lowest BCUT2D eigenvalue weighted by molar-refractivity contribution is 0.100. The Bertz CT molecular complexity index is 184. The molecule has 0 atom stereocenters. The van der Waals surface area contributed by atoms with E-state index in [4.69, 9.17) is 5.73 Å². The summed E-state index contributed by atoms with van der Waals surface area (Å²) in [5.41, 5.74) is 6.46. The number of amides is 1. The van der Waals surface area contributed by atoms with E-state index < -0.39 is 5.91 Å². The van der Waals surface area contributed by atoms with Crippen LogP contribution >= 0.6 is 11.3 Å². The molecule has 0 radical (unpaired) electrons. The molecule has 0 bridgehead atoms. The molecule has 1 rings (SSSR count). The summed E-state index contributed by atoms with van der Waals surface area (Å²) in [5, 5.41) is 0. The van der Waals surface area contributed by atoms with Gasteiger partial charge >= 0.3 is 0 Å². The Morgan fingerprint density at radius 3 is 2.67 bits per heavy atom. The predicted molar refractivity (Wildman–Crippen MR) is 34.2 cm³/mol. The van der Waals surface area contributed by atoms with Gasteiger partial charge in [0, 0.05) is 0 Å². The topological polar surface area (TPSA) is 87.5 Å². The minimum absolute atomic E-state index is 0. The molecule has 0 aliphatic rings. The maximum Gasteiger partial charge on any atom is 0.260 e. The van der Waals surface area contributed by atoms with E-state index in [9.17, 15) is 4.79 Å². The zero-order valence-corrected chi connectivity index (χ0v) is 5.31. The normalized spacial score (nSPS) is 8.00. The van der Waals surface area contributed by atoms with E-state index in [-0.39, 0.29) is 5.48 Å². The maximum absolute atomic E-state index is 10.3. The van der Waals surface area contributed by atoms with E-state index in [1.54, 1.807) is 5.51 Å². The first-order valence-corrected chi connectivity index (χ1v) is 2.87. The van der Waals surface area contributed by atoms with Crippen molar-refractivity contribution in [3.05, 3.63) is 16.6 Å². The molecule has 9 heavy (non-hydrogen) atoms. The zero-order chi connectivity index (χ0) is 5.98. The Kier molecular flexibility index (Phi) is 2.83. The van der Waals surface area contributed by atoms with Crippen molar-refractivity contribution < 1.29 is 10.3 Å². The number of rotatable bonds is 1. The van der Waals surface area contributed by atoms with Gasteiger partial charge in [-0.25, -0.2) is 0 Å². The van der Waals surface area contributed by atoms with Crippen LogP contribution in [0.2, 0.25) is 0 Å². The van der Waals surface area contributed by atoms with Crippen molar-refractivity contribution in [2.75, 3.05) is 0 Å². The fraction of sp³-hybridized carbons (Fsp3) is 0. The number of hydrogen-bond acceptors (Lipinski definition) is 3. The molecule has 4 N–H and O–H groups in total. The third-order valence-corrected chi connectivity index (χ3v) is 1.46. The van der Waals surface area contributed by atoms with Crippen molar-refractivity contribution in [3.63, 3.8) is 0 Å². The van der Waals surface area contributed by atoms with Crippen molar-refractivity contribution in [2.45, 2.75) is 0 Å². The first-order chi connectivity index (χ1) is 3.80. The molecule has 0 fully saturated rings. The summed E-state index contributed by atoms with van der Waals surface area (Å²) < 4.78 is 0. The minimum atomic E-state index is -0.410. The van der Waals surface area contributed by atoms with Crippen LogP contribution in [0.15, 0.2) is 11.7 Å². The average molecular weight is 146 g/mol. The molecule has 0 spiro atoms. The summed E-state index contributed by atoms with van der Waals surface area (Å²) in [5.74, 6) is -0.410. The van der Waals surface area contributed by atoms with Gasteiger partial charge in [0.25, 0.3) is 5.91 Å². The van der Waals surface area contributed by atoms with Crippen LogP contribution in [0.25, 0.3) is 0 Å². The van der Waals surface area contributed by atoms with E-state index in [1.807, 2.05) is 0 Å². The highest BCUT2D eigenvalue weighted by molar-refractivity contribution is 7.11. The fourth-order valence-corrected chi connectivity index (χ4v) is 0.811. The number of nitrogens with zero attached hydrogens (tertiary/aromatic N) is 1. The second-order valence-corrected chi connectivity index (χ2v) is 2.12. The second kappa shape index (κ2) is 3.16. The van der Waals surface area contributed by atoms with Gasteiger partial charge in [-0.05, 0) is 0 Å². The Hall–Kier alpha value is -0.940. The zero-order valence-electron chi connectivity index (χ0n) is 4.50. The lowest BCUT2D eigenvalue weighted by Crippen LogP contribution is -2.08. The van der Waals surface area contributed by atoms with E-state index in [1.165, 1.54) is 17.5 Å². The Morgan fingerprint density at radius 2 is 2.44 bits per heavy atom. The number of nitrogens with two attached hydrogens (primary N) is 1. The third-order valence-electron chi connectivity index (χ3n) is 0.675. The molecule has 1 amide bonds. The SMILES string of the molecule is NC(=O)c1cncs1.O. The summed E-state index contributed by atoms with van der Waals surface area (Å²) in [6.45, 7) is 0. The molecule has 0 saturated carbocycles. The van der Waals surface area contributed by atoms with Crippen LogP contribution in [0.3, 0.4) is 0 Å². The lowest BCUT2D eigenvalue weighted by Gasteiger charge is -1.78. The van der Waals surface area contributed by atoms with Crippen molar-refractivity contribution in [3.8, 4) is 0 Å². The van der Waals surface area contributed by atoms with Gasteiger partial charge in [-0.2, -0.15) is 0 Å². The van der Waals surface area contributed by atoms with Crippen LogP contribution in [0.1, 0.15) is 9.67 Å². The van der Waals surface area contributed by atoms with E-state index in [2.05, 4.69) is 4.98 Å². The largest absolute Gasteiger partial charge is 0.412 e. The number of carbonyl (C=O) groups excluding carboxylic acids is 1. The molecular weight excluding hydrogens is 140 g/mol. The van der Waals surface area contributed by atoms with Crippen molar-refractivity contribution in [1.82, 2.24) is 4.98 Å². The molecule has 4 nitrogen and oxygen atoms in total. The molecule has 1 heterocycles. The van der Waals surface area contributed by atoms with Gasteiger partial charge < -0.3 is 11.2 Å². The molecule has 0 aliphatic carbocycles. The highest BCUT2D eigenvalue weighted by Gasteiger charge is 1.97. The van der Waals surface area contributed by atoms with Gasteiger partial charge in [0.15, 0.2) is 0 Å². The van der Waals surface area contributed by atoms with Gasteiger partial charge in [-0.1, -0.05) is 0 Å². The molecule has 50 valence electrons. The number of primary amides is 1. The fourth-order valence-electron chi connectivity index (χ4n) is 0.337. The van der Waals surface area contributed by atoms with Gasteiger partial charge in [-0.3, -0.25) is 9.78 Å². The lowest BCUT2D eigenvalue weighted by atomic mass is 10.5. The number of thiazole rings is 1. The van der Waals surface area contributed by atoms with Gasteiger partial charge in [0.1, 0.15) is 4.88 Å². The van der Waals surface area contributed by atoms with Crippen LogP contribution in [0, 0.1) is 0 Å². The van der Waals surface area contributed by atoms with Crippen LogP contribution in [0.5, 0.6) is 0 Å². The smallest absolute Gasteiger partial charge is 0.260 e. The van der Waals surface area contributed by atoms with Crippen LogP contribution in [-0.2, 0) is 0 Å². The highest BCUT2D eigenvalue weighted by Crippen LogP contribution is 2.02. The van der Waals surface area contributed by atoms with Crippen molar-refractivity contribution in [2.24, 2.45) is 5.73 Å². The van der Waals surface area contributed by atoms with Crippen molar-refractivity contribution in [1.29, 1.82) is 0 Å². The van der Waals surface area contributed by atoms with Crippen LogP contribution in [-0.4, -0.2) is 16.4 Å². The molecular formula is C4H6N2O2S. The summed E-state index contributed by atoms with van der Waals surface area (Å²) in [6.07, 6.45) is 1.45. The number of carbonyl (C=O) groups is 1. The molecule has 0 saturated heterocycles. The van der Waals surface area contributed by atoms with Gasteiger partial charge in [0.2, 0.25) is 0 Å². The minimum Gasteiger partial charge on any atom is -0.412 e. The standard InChI is InChI=1S/C4H4N2OS.H2O/c5-4(7)3-1-6-2-8-3;/h1-2H,(H2,5,7);1H2. The molecule has 1 aromatic heterocycles. The summed E-state index contributed by atoms with van der Waals surface area (Å²) >= 11 is 1.25. The van der Waals surface area contributed by atoms with Crippen LogP contribution in [0.4, 0.5) is 0 Å². The first-order valence-electron chi connectivity index (χ1n) is 1.99. The molecule has 1 aromatic rings. The third kappa shape index (κ3) is 1.79. The molecule has 5 heteroatoms. The number of hydrogen-bond donors (Lipinski definition) is 1. The van der Waals surface area contributed by atoms with E-state index in [0.29, 0.717) is 4.88 Å². The summed E-state index contributed by atoms with van der Waals surface area (Å²) in [7, 11) is 0. The molecule has 0 aromatic carbocycles. The average Bonchev–Trinajstić information content (AvgIpc) is 2.12. The summed E-state index contributed by atoms with van der Waals surface area (Å²) in [6, 6.07) is 0. The Morgan fingerprint density at radius 1 is 1.78 bits per heavy atom. The monoisotopic (exact) mass is 146 g/mol. The van der Waals surface area contributed by atoms with Gasteiger partial charge in [0.05, 0.1) is 11.7 Å². The second-order valence-electron chi connectivity index (χ2n) is 1.23. The van der Waals surface area contributed by atoms with Crippen molar-refractivity contribution >= 4 is 17.2 Å². The van der Waals surface area contributed by atoms with Gasteiger partial charge in [-0.15, -0.1) is 11.3 Å². The number of aromatic nitrogens is 1. The van der Waals surface area contributed by atoms with E-state index in [0.717, 1.165) is 0 Å². The predicted octanol–water partition coefficient (Wildman–Crippen LogP) is -0.583. The Balaban J connectivity index is 0.000000640. The van der Waals surface area contributed by atoms with E-state index >= 15 is 0 Å².